The summed E-state index contributed by atoms with van der Waals surface area (Å²) in [6.45, 7) is 1.65. The van der Waals surface area contributed by atoms with Gasteiger partial charge in [-0.2, -0.15) is 0 Å². The van der Waals surface area contributed by atoms with Gasteiger partial charge in [0.05, 0.1) is 7.11 Å². The number of hydrogen-bond donors (Lipinski definition) is 0. The summed E-state index contributed by atoms with van der Waals surface area (Å²) in [5.41, 5.74) is 0.729. The highest BCUT2D eigenvalue weighted by Gasteiger charge is 2.22. The Balaban J connectivity index is 2.07. The first kappa shape index (κ1) is 12.4. The van der Waals surface area contributed by atoms with Crippen molar-refractivity contribution in [3.05, 3.63) is 29.8 Å². The zero-order valence-electron chi connectivity index (χ0n) is 9.86. The molecule has 0 saturated carbocycles. The Morgan fingerprint density at radius 1 is 1.41 bits per heavy atom. The van der Waals surface area contributed by atoms with Crippen molar-refractivity contribution in [1.29, 1.82) is 0 Å². The van der Waals surface area contributed by atoms with Gasteiger partial charge in [0.15, 0.2) is 0 Å². The molecule has 92 valence electrons. The minimum atomic E-state index is 0.108. The number of likely N-dealkylation sites (tertiary alicyclic amines) is 1. The Kier molecular flexibility index (Phi) is 4.05. The summed E-state index contributed by atoms with van der Waals surface area (Å²) in [6.07, 6.45) is 2.21. The zero-order chi connectivity index (χ0) is 12.3. The van der Waals surface area contributed by atoms with Gasteiger partial charge in [-0.15, -0.1) is 0 Å². The van der Waals surface area contributed by atoms with E-state index in [1.807, 2.05) is 29.2 Å². The molecule has 0 spiro atoms. The number of benzene rings is 1. The van der Waals surface area contributed by atoms with Gasteiger partial charge in [0, 0.05) is 23.5 Å². The summed E-state index contributed by atoms with van der Waals surface area (Å²) in [4.78, 5) is 14.5. The van der Waals surface area contributed by atoms with E-state index in [0.29, 0.717) is 4.83 Å². The summed E-state index contributed by atoms with van der Waals surface area (Å²) >= 11 is 3.58. The Morgan fingerprint density at radius 2 is 2.12 bits per heavy atom. The molecule has 0 bridgehead atoms. The Bertz CT molecular complexity index is 391. The largest absolute Gasteiger partial charge is 0.497 e. The molecule has 17 heavy (non-hydrogen) atoms. The summed E-state index contributed by atoms with van der Waals surface area (Å²) < 4.78 is 5.08. The third-order valence-corrected chi connectivity index (χ3v) is 3.74. The number of carbonyl (C=O) groups excluding carboxylic acids is 1. The average Bonchev–Trinajstić information content (AvgIpc) is 2.38. The molecule has 0 aromatic heterocycles. The molecular formula is C13H16BrNO2. The van der Waals surface area contributed by atoms with Gasteiger partial charge in [-0.25, -0.2) is 0 Å². The molecule has 1 atom stereocenters. The van der Waals surface area contributed by atoms with Crippen molar-refractivity contribution in [1.82, 2.24) is 4.90 Å². The fraction of sp³-hybridized carbons (Fsp3) is 0.462. The molecule has 0 radical (unpaired) electrons. The lowest BCUT2D eigenvalue weighted by atomic mass is 10.1. The molecule has 1 aliphatic heterocycles. The molecule has 1 unspecified atom stereocenters. The Hall–Kier alpha value is -1.03. The monoisotopic (exact) mass is 297 g/mol. The smallest absolute Gasteiger partial charge is 0.253 e. The molecule has 0 aliphatic carbocycles. The molecule has 1 aromatic rings. The van der Waals surface area contributed by atoms with Gasteiger partial charge >= 0.3 is 0 Å². The number of methoxy groups -OCH3 is 1. The van der Waals surface area contributed by atoms with E-state index in [1.165, 1.54) is 0 Å². The highest BCUT2D eigenvalue weighted by Crippen LogP contribution is 2.19. The van der Waals surface area contributed by atoms with Crippen LogP contribution in [-0.4, -0.2) is 35.8 Å². The van der Waals surface area contributed by atoms with Crippen LogP contribution in [0.5, 0.6) is 5.75 Å². The molecule has 1 aromatic carbocycles. The predicted octanol–water partition coefficient (Wildman–Crippen LogP) is 2.69. The zero-order valence-corrected chi connectivity index (χ0v) is 11.4. The lowest BCUT2D eigenvalue weighted by Gasteiger charge is -2.30. The Morgan fingerprint density at radius 3 is 2.71 bits per heavy atom. The van der Waals surface area contributed by atoms with Crippen LogP contribution in [0.1, 0.15) is 23.2 Å². The maximum atomic E-state index is 12.2. The van der Waals surface area contributed by atoms with Gasteiger partial charge in [-0.1, -0.05) is 15.9 Å². The predicted molar refractivity (Wildman–Crippen MR) is 70.8 cm³/mol. The van der Waals surface area contributed by atoms with Crippen molar-refractivity contribution in [2.75, 3.05) is 20.2 Å². The van der Waals surface area contributed by atoms with Crippen molar-refractivity contribution in [3.63, 3.8) is 0 Å². The van der Waals surface area contributed by atoms with Crippen LogP contribution in [0, 0.1) is 0 Å². The van der Waals surface area contributed by atoms with Crippen LogP contribution in [0.25, 0.3) is 0 Å². The SMILES string of the molecule is COc1ccc(C(=O)N2CCCC(Br)C2)cc1. The topological polar surface area (TPSA) is 29.5 Å². The van der Waals surface area contributed by atoms with E-state index in [2.05, 4.69) is 15.9 Å². The first-order valence-corrected chi connectivity index (χ1v) is 6.69. The van der Waals surface area contributed by atoms with Crippen LogP contribution in [0.3, 0.4) is 0 Å². The number of rotatable bonds is 2. The van der Waals surface area contributed by atoms with Gasteiger partial charge in [0.2, 0.25) is 0 Å². The van der Waals surface area contributed by atoms with E-state index >= 15 is 0 Å². The second-order valence-electron chi connectivity index (χ2n) is 4.22. The molecule has 1 saturated heterocycles. The van der Waals surface area contributed by atoms with E-state index in [-0.39, 0.29) is 5.91 Å². The average molecular weight is 298 g/mol. The fourth-order valence-corrected chi connectivity index (χ4v) is 2.70. The van der Waals surface area contributed by atoms with Crippen molar-refractivity contribution in [2.24, 2.45) is 0 Å². The first-order chi connectivity index (χ1) is 8.20. The van der Waals surface area contributed by atoms with Crippen molar-refractivity contribution < 1.29 is 9.53 Å². The molecule has 0 N–H and O–H groups in total. The Labute approximate surface area is 110 Å². The second-order valence-corrected chi connectivity index (χ2v) is 5.51. The summed E-state index contributed by atoms with van der Waals surface area (Å²) in [7, 11) is 1.62. The molecule has 2 rings (SSSR count). The summed E-state index contributed by atoms with van der Waals surface area (Å²) in [6, 6.07) is 7.28. The van der Waals surface area contributed by atoms with Gasteiger partial charge < -0.3 is 9.64 Å². The lowest BCUT2D eigenvalue weighted by molar-refractivity contribution is 0.0730. The highest BCUT2D eigenvalue weighted by molar-refractivity contribution is 9.09. The number of piperidine rings is 1. The molecule has 1 fully saturated rings. The highest BCUT2D eigenvalue weighted by atomic mass is 79.9. The minimum absolute atomic E-state index is 0.108. The van der Waals surface area contributed by atoms with E-state index in [1.54, 1.807) is 7.11 Å². The van der Waals surface area contributed by atoms with E-state index in [4.69, 9.17) is 4.74 Å². The number of alkyl halides is 1. The lowest BCUT2D eigenvalue weighted by Crippen LogP contribution is -2.40. The van der Waals surface area contributed by atoms with Gasteiger partial charge in [0.1, 0.15) is 5.75 Å². The molecule has 3 nitrogen and oxygen atoms in total. The van der Waals surface area contributed by atoms with E-state index in [0.717, 1.165) is 37.2 Å². The third-order valence-electron chi connectivity index (χ3n) is 2.99. The number of carbonyl (C=O) groups is 1. The number of ether oxygens (including phenoxy) is 1. The van der Waals surface area contributed by atoms with Crippen molar-refractivity contribution in [3.8, 4) is 5.75 Å². The molecule has 1 heterocycles. The van der Waals surface area contributed by atoms with Gasteiger partial charge in [0.25, 0.3) is 5.91 Å². The molecule has 4 heteroatoms. The molecular weight excluding hydrogens is 282 g/mol. The van der Waals surface area contributed by atoms with Gasteiger partial charge in [-0.3, -0.25) is 4.79 Å². The standard InChI is InChI=1S/C13H16BrNO2/c1-17-12-6-4-10(5-7-12)13(16)15-8-2-3-11(14)9-15/h4-7,11H,2-3,8-9H2,1H3. The second kappa shape index (κ2) is 5.54. The molecule has 1 amide bonds. The summed E-state index contributed by atoms with van der Waals surface area (Å²) in [5, 5.41) is 0. The number of nitrogens with zero attached hydrogens (tertiary/aromatic N) is 1. The number of hydrogen-bond acceptors (Lipinski definition) is 2. The third kappa shape index (κ3) is 3.00. The quantitative estimate of drug-likeness (QED) is 0.786. The normalized spacial score (nSPS) is 20.1. The van der Waals surface area contributed by atoms with E-state index in [9.17, 15) is 4.79 Å². The summed E-state index contributed by atoms with van der Waals surface area (Å²) in [5.74, 6) is 0.885. The van der Waals surface area contributed by atoms with Crippen molar-refractivity contribution >= 4 is 21.8 Å². The van der Waals surface area contributed by atoms with Crippen molar-refractivity contribution in [2.45, 2.75) is 17.7 Å². The van der Waals surface area contributed by atoms with Crippen LogP contribution in [0.4, 0.5) is 0 Å². The van der Waals surface area contributed by atoms with Gasteiger partial charge in [-0.05, 0) is 37.1 Å². The van der Waals surface area contributed by atoms with Crippen LogP contribution < -0.4 is 4.74 Å². The van der Waals surface area contributed by atoms with Crippen LogP contribution in [-0.2, 0) is 0 Å². The number of halogens is 1. The van der Waals surface area contributed by atoms with Crippen LogP contribution in [0.15, 0.2) is 24.3 Å². The van der Waals surface area contributed by atoms with E-state index < -0.39 is 0 Å². The maximum absolute atomic E-state index is 12.2. The first-order valence-electron chi connectivity index (χ1n) is 5.78. The fourth-order valence-electron chi connectivity index (χ4n) is 2.03. The molecule has 1 aliphatic rings. The maximum Gasteiger partial charge on any atom is 0.253 e. The minimum Gasteiger partial charge on any atom is -0.497 e. The van der Waals surface area contributed by atoms with Crippen LogP contribution in [0.2, 0.25) is 0 Å². The number of amides is 1. The van der Waals surface area contributed by atoms with Crippen LogP contribution >= 0.6 is 15.9 Å².